The number of anilines is 2. The van der Waals surface area contributed by atoms with Crippen LogP contribution in [0.5, 0.6) is 5.75 Å². The minimum atomic E-state index is -0.349. The average Bonchev–Trinajstić information content (AvgIpc) is 3.06. The molecule has 0 spiro atoms. The van der Waals surface area contributed by atoms with Crippen molar-refractivity contribution in [1.82, 2.24) is 5.32 Å². The number of nitrogens with one attached hydrogen (secondary N) is 1. The summed E-state index contributed by atoms with van der Waals surface area (Å²) in [6.45, 7) is 3.33. The Morgan fingerprint density at radius 3 is 2.70 bits per heavy atom. The third-order valence-electron chi connectivity index (χ3n) is 4.64. The Kier molecular flexibility index (Phi) is 5.96. The molecule has 1 aliphatic heterocycles. The molecule has 0 radical (unpaired) electrons. The maximum atomic E-state index is 12.5. The van der Waals surface area contributed by atoms with E-state index < -0.39 is 0 Å². The smallest absolute Gasteiger partial charge is 0.227 e. The number of carbonyl (C=O) groups excluding carboxylic acids is 2. The summed E-state index contributed by atoms with van der Waals surface area (Å²) >= 11 is 0. The molecule has 6 heteroatoms. The maximum Gasteiger partial charge on any atom is 0.227 e. The molecule has 0 aromatic heterocycles. The lowest BCUT2D eigenvalue weighted by atomic mass is 10.1. The first-order chi connectivity index (χ1) is 13.1. The summed E-state index contributed by atoms with van der Waals surface area (Å²) < 4.78 is 5.61. The first-order valence-electron chi connectivity index (χ1n) is 9.22. The Morgan fingerprint density at radius 2 is 1.96 bits per heavy atom. The molecule has 3 N–H and O–H groups in total. The van der Waals surface area contributed by atoms with Crippen LogP contribution in [-0.4, -0.2) is 31.5 Å². The normalized spacial score (nSPS) is 16.4. The van der Waals surface area contributed by atoms with Crippen molar-refractivity contribution >= 4 is 23.2 Å². The van der Waals surface area contributed by atoms with Crippen molar-refractivity contribution in [3.63, 3.8) is 0 Å². The van der Waals surface area contributed by atoms with E-state index in [0.717, 1.165) is 23.4 Å². The minimum absolute atomic E-state index is 0.0548. The number of nitrogen functional groups attached to an aromatic ring is 1. The molecule has 142 valence electrons. The lowest BCUT2D eigenvalue weighted by molar-refractivity contribution is -0.126. The number of carbonyl (C=O) groups is 2. The number of hydrogen-bond donors (Lipinski definition) is 2. The quantitative estimate of drug-likeness (QED) is 0.736. The van der Waals surface area contributed by atoms with Crippen LogP contribution in [0.3, 0.4) is 0 Å². The molecule has 2 aromatic rings. The Balaban J connectivity index is 1.56. The van der Waals surface area contributed by atoms with E-state index in [-0.39, 0.29) is 24.2 Å². The van der Waals surface area contributed by atoms with Crippen molar-refractivity contribution in [2.45, 2.75) is 19.8 Å². The van der Waals surface area contributed by atoms with Crippen LogP contribution >= 0.6 is 0 Å². The maximum absolute atomic E-state index is 12.5. The number of para-hydroxylation sites is 2. The van der Waals surface area contributed by atoms with Crippen molar-refractivity contribution in [3.8, 4) is 5.75 Å². The molecule has 6 nitrogen and oxygen atoms in total. The van der Waals surface area contributed by atoms with Gasteiger partial charge in [-0.2, -0.15) is 0 Å². The van der Waals surface area contributed by atoms with Gasteiger partial charge in [-0.1, -0.05) is 24.3 Å². The van der Waals surface area contributed by atoms with Gasteiger partial charge in [0.15, 0.2) is 0 Å². The van der Waals surface area contributed by atoms with Gasteiger partial charge < -0.3 is 20.7 Å². The molecule has 1 aliphatic rings. The van der Waals surface area contributed by atoms with Gasteiger partial charge in [0.05, 0.1) is 18.2 Å². The molecule has 1 atom stereocenters. The summed E-state index contributed by atoms with van der Waals surface area (Å²) in [5.74, 6) is 0.174. The standard InChI is InChI=1S/C21H25N3O3/c1-2-27-19-6-4-3-5-18(19)24-14-16(13-20(24)25)21(26)23-12-11-15-7-9-17(22)10-8-15/h3-10,16H,2,11-14,22H2,1H3,(H,23,26). The zero-order chi connectivity index (χ0) is 19.2. The van der Waals surface area contributed by atoms with Gasteiger partial charge in [0.25, 0.3) is 0 Å². The molecule has 2 amide bonds. The number of rotatable bonds is 7. The van der Waals surface area contributed by atoms with E-state index in [2.05, 4.69) is 5.32 Å². The molecular formula is C21H25N3O3. The number of ether oxygens (including phenoxy) is 1. The van der Waals surface area contributed by atoms with Crippen LogP contribution in [-0.2, 0) is 16.0 Å². The van der Waals surface area contributed by atoms with Crippen LogP contribution < -0.4 is 20.7 Å². The second-order valence-electron chi connectivity index (χ2n) is 6.59. The fourth-order valence-corrected chi connectivity index (χ4v) is 3.23. The van der Waals surface area contributed by atoms with E-state index in [1.54, 1.807) is 4.90 Å². The van der Waals surface area contributed by atoms with Crippen LogP contribution in [0.4, 0.5) is 11.4 Å². The second-order valence-corrected chi connectivity index (χ2v) is 6.59. The minimum Gasteiger partial charge on any atom is -0.492 e. The van der Waals surface area contributed by atoms with Gasteiger partial charge in [-0.3, -0.25) is 9.59 Å². The third-order valence-corrected chi connectivity index (χ3v) is 4.64. The molecule has 1 fully saturated rings. The first-order valence-corrected chi connectivity index (χ1v) is 9.22. The highest BCUT2D eigenvalue weighted by Gasteiger charge is 2.36. The summed E-state index contributed by atoms with van der Waals surface area (Å²) in [5, 5.41) is 2.94. The molecule has 0 bridgehead atoms. The lowest BCUT2D eigenvalue weighted by Crippen LogP contribution is -2.34. The molecule has 1 saturated heterocycles. The molecule has 1 heterocycles. The van der Waals surface area contributed by atoms with Crippen LogP contribution in [0.25, 0.3) is 0 Å². The SMILES string of the molecule is CCOc1ccccc1N1CC(C(=O)NCCc2ccc(N)cc2)CC1=O. The summed E-state index contributed by atoms with van der Waals surface area (Å²) in [6, 6.07) is 15.0. The van der Waals surface area contributed by atoms with E-state index in [1.165, 1.54) is 0 Å². The highest BCUT2D eigenvalue weighted by Crippen LogP contribution is 2.33. The van der Waals surface area contributed by atoms with E-state index in [9.17, 15) is 9.59 Å². The van der Waals surface area contributed by atoms with Gasteiger partial charge >= 0.3 is 0 Å². The number of benzene rings is 2. The fourth-order valence-electron chi connectivity index (χ4n) is 3.23. The van der Waals surface area contributed by atoms with Gasteiger partial charge in [-0.15, -0.1) is 0 Å². The number of nitrogens with two attached hydrogens (primary N) is 1. The van der Waals surface area contributed by atoms with Crippen molar-refractivity contribution < 1.29 is 14.3 Å². The molecule has 0 saturated carbocycles. The molecule has 3 rings (SSSR count). The highest BCUT2D eigenvalue weighted by molar-refractivity contribution is 6.01. The van der Waals surface area contributed by atoms with Gasteiger partial charge in [0, 0.05) is 25.2 Å². The summed E-state index contributed by atoms with van der Waals surface area (Å²) in [4.78, 5) is 26.6. The Bertz CT molecular complexity index is 805. The molecule has 1 unspecified atom stereocenters. The van der Waals surface area contributed by atoms with E-state index >= 15 is 0 Å². The van der Waals surface area contributed by atoms with Crippen LogP contribution in [0.1, 0.15) is 18.9 Å². The Morgan fingerprint density at radius 1 is 1.22 bits per heavy atom. The Hall–Kier alpha value is -3.02. The van der Waals surface area contributed by atoms with Crippen molar-refractivity contribution in [2.24, 2.45) is 5.92 Å². The van der Waals surface area contributed by atoms with Gasteiger partial charge in [-0.05, 0) is 43.2 Å². The topological polar surface area (TPSA) is 84.7 Å². The monoisotopic (exact) mass is 367 g/mol. The van der Waals surface area contributed by atoms with Crippen LogP contribution in [0, 0.1) is 5.92 Å². The highest BCUT2D eigenvalue weighted by atomic mass is 16.5. The van der Waals surface area contributed by atoms with E-state index in [0.29, 0.717) is 25.4 Å². The van der Waals surface area contributed by atoms with E-state index in [4.69, 9.17) is 10.5 Å². The number of amides is 2. The lowest BCUT2D eigenvalue weighted by Gasteiger charge is -2.20. The van der Waals surface area contributed by atoms with Gasteiger partial charge in [-0.25, -0.2) is 0 Å². The first kappa shape index (κ1) is 18.8. The predicted octanol–water partition coefficient (Wildman–Crippen LogP) is 2.38. The van der Waals surface area contributed by atoms with Crippen LogP contribution in [0.15, 0.2) is 48.5 Å². The van der Waals surface area contributed by atoms with Crippen molar-refractivity contribution in [1.29, 1.82) is 0 Å². The summed E-state index contributed by atoms with van der Waals surface area (Å²) in [5.41, 5.74) is 8.23. The van der Waals surface area contributed by atoms with Gasteiger partial charge in [0.2, 0.25) is 11.8 Å². The molecule has 0 aliphatic carbocycles. The zero-order valence-corrected chi connectivity index (χ0v) is 15.5. The third kappa shape index (κ3) is 4.58. The second kappa shape index (κ2) is 8.58. The average molecular weight is 367 g/mol. The van der Waals surface area contributed by atoms with Crippen LogP contribution in [0.2, 0.25) is 0 Å². The number of hydrogen-bond acceptors (Lipinski definition) is 4. The molecular weight excluding hydrogens is 342 g/mol. The zero-order valence-electron chi connectivity index (χ0n) is 15.5. The molecule has 27 heavy (non-hydrogen) atoms. The van der Waals surface area contributed by atoms with E-state index in [1.807, 2.05) is 55.5 Å². The van der Waals surface area contributed by atoms with Gasteiger partial charge in [0.1, 0.15) is 5.75 Å². The predicted molar refractivity (Wildman–Crippen MR) is 106 cm³/mol. The van der Waals surface area contributed by atoms with Crippen molar-refractivity contribution in [3.05, 3.63) is 54.1 Å². The summed E-state index contributed by atoms with van der Waals surface area (Å²) in [6.07, 6.45) is 0.942. The van der Waals surface area contributed by atoms with Crippen molar-refractivity contribution in [2.75, 3.05) is 30.3 Å². The number of nitrogens with zero attached hydrogens (tertiary/aromatic N) is 1. The largest absolute Gasteiger partial charge is 0.492 e. The fraction of sp³-hybridized carbons (Fsp3) is 0.333. The Labute approximate surface area is 159 Å². The molecule has 2 aromatic carbocycles. The summed E-state index contributed by atoms with van der Waals surface area (Å²) in [7, 11) is 0.